The van der Waals surface area contributed by atoms with Crippen LogP contribution in [0.3, 0.4) is 0 Å². The lowest BCUT2D eigenvalue weighted by molar-refractivity contribution is 0.430. The molecular weight excluding hydrogens is 274 g/mol. The van der Waals surface area contributed by atoms with E-state index in [9.17, 15) is 0 Å². The second kappa shape index (κ2) is 4.45. The number of anilines is 2. The Labute approximate surface area is 119 Å². The molecule has 6 nitrogen and oxygen atoms in total. The molecule has 20 heavy (non-hydrogen) atoms. The smallest absolute Gasteiger partial charge is 0.266 e. The van der Waals surface area contributed by atoms with Crippen LogP contribution in [0.4, 0.5) is 11.1 Å². The van der Waals surface area contributed by atoms with Crippen molar-refractivity contribution >= 4 is 32.6 Å². The minimum atomic E-state index is 0.542. The van der Waals surface area contributed by atoms with Gasteiger partial charge in [-0.3, -0.25) is 0 Å². The van der Waals surface area contributed by atoms with Gasteiger partial charge in [0.25, 0.3) is 11.8 Å². The van der Waals surface area contributed by atoms with Crippen LogP contribution in [0, 0.1) is 0 Å². The van der Waals surface area contributed by atoms with Gasteiger partial charge in [0.05, 0.1) is 10.2 Å². The molecule has 0 unspecified atom stereocenters. The lowest BCUT2D eigenvalue weighted by Gasteiger charge is -2.09. The van der Waals surface area contributed by atoms with Gasteiger partial charge >= 0.3 is 0 Å². The third-order valence-corrected chi connectivity index (χ3v) is 4.30. The van der Waals surface area contributed by atoms with E-state index < -0.39 is 0 Å². The molecule has 0 aliphatic carbocycles. The van der Waals surface area contributed by atoms with Crippen LogP contribution in [0.25, 0.3) is 21.7 Å². The zero-order valence-electron chi connectivity index (χ0n) is 10.7. The Morgan fingerprint density at radius 1 is 1.20 bits per heavy atom. The highest BCUT2D eigenvalue weighted by molar-refractivity contribution is 7.22. The van der Waals surface area contributed by atoms with Gasteiger partial charge in [0.1, 0.15) is 0 Å². The third-order valence-electron chi connectivity index (χ3n) is 3.46. The van der Waals surface area contributed by atoms with Gasteiger partial charge in [0, 0.05) is 18.7 Å². The highest BCUT2D eigenvalue weighted by Crippen LogP contribution is 2.29. The summed E-state index contributed by atoms with van der Waals surface area (Å²) in [6.07, 6.45) is 2.38. The molecular formula is C13H13N5OS. The number of fused-ring (bicyclic) bond motifs is 1. The molecule has 7 heteroatoms. The van der Waals surface area contributed by atoms with Crippen LogP contribution in [0.2, 0.25) is 0 Å². The Kier molecular flexibility index (Phi) is 2.59. The largest absolute Gasteiger partial charge is 0.375 e. The standard InChI is InChI=1S/C13H13N5OS/c14-12-15-9-4-3-8(7-10(9)20-12)11-16-13(17-19-11)18-5-1-2-6-18/h3-4,7H,1-2,5-6H2,(H2,14,15). The lowest BCUT2D eigenvalue weighted by atomic mass is 10.2. The van der Waals surface area contributed by atoms with E-state index in [-0.39, 0.29) is 0 Å². The SMILES string of the molecule is Nc1nc2ccc(-c3nc(N4CCCC4)no3)cc2s1. The van der Waals surface area contributed by atoms with Crippen LogP contribution in [-0.4, -0.2) is 28.2 Å². The van der Waals surface area contributed by atoms with Gasteiger partial charge in [-0.25, -0.2) is 4.98 Å². The predicted octanol–water partition coefficient (Wildman–Crippen LogP) is 2.53. The molecule has 0 saturated carbocycles. The van der Waals surface area contributed by atoms with Gasteiger partial charge in [-0.2, -0.15) is 4.98 Å². The Morgan fingerprint density at radius 2 is 2.05 bits per heavy atom. The molecule has 1 aliphatic rings. The molecule has 0 radical (unpaired) electrons. The van der Waals surface area contributed by atoms with Gasteiger partial charge < -0.3 is 15.2 Å². The van der Waals surface area contributed by atoms with E-state index in [2.05, 4.69) is 20.0 Å². The quantitative estimate of drug-likeness (QED) is 0.780. The van der Waals surface area contributed by atoms with Gasteiger partial charge in [0.15, 0.2) is 5.13 Å². The van der Waals surface area contributed by atoms with E-state index in [1.54, 1.807) is 0 Å². The van der Waals surface area contributed by atoms with E-state index in [1.165, 1.54) is 24.2 Å². The number of thiazole rings is 1. The fourth-order valence-electron chi connectivity index (χ4n) is 2.45. The summed E-state index contributed by atoms with van der Waals surface area (Å²) in [6.45, 7) is 2.01. The van der Waals surface area contributed by atoms with Crippen molar-refractivity contribution in [1.82, 2.24) is 15.1 Å². The summed E-state index contributed by atoms with van der Waals surface area (Å²) >= 11 is 1.46. The number of hydrogen-bond donors (Lipinski definition) is 1. The van der Waals surface area contributed by atoms with E-state index in [1.807, 2.05) is 18.2 Å². The van der Waals surface area contributed by atoms with Crippen molar-refractivity contribution in [1.29, 1.82) is 0 Å². The summed E-state index contributed by atoms with van der Waals surface area (Å²) in [5, 5.41) is 4.63. The topological polar surface area (TPSA) is 81.1 Å². The van der Waals surface area contributed by atoms with Crippen LogP contribution in [-0.2, 0) is 0 Å². The first kappa shape index (κ1) is 11.7. The molecule has 3 aromatic rings. The van der Waals surface area contributed by atoms with E-state index in [4.69, 9.17) is 10.3 Å². The molecule has 0 bridgehead atoms. The highest BCUT2D eigenvalue weighted by Gasteiger charge is 2.18. The Balaban J connectivity index is 1.71. The summed E-state index contributed by atoms with van der Waals surface area (Å²) in [6, 6.07) is 5.85. The van der Waals surface area contributed by atoms with Crippen molar-refractivity contribution < 1.29 is 4.52 Å². The highest BCUT2D eigenvalue weighted by atomic mass is 32.1. The Bertz CT molecular complexity index is 759. The molecule has 3 heterocycles. The number of rotatable bonds is 2. The first-order valence-electron chi connectivity index (χ1n) is 6.55. The fraction of sp³-hybridized carbons (Fsp3) is 0.308. The van der Waals surface area contributed by atoms with Crippen LogP contribution in [0.5, 0.6) is 0 Å². The normalized spacial score (nSPS) is 15.3. The van der Waals surface area contributed by atoms with Crippen molar-refractivity contribution in [3.63, 3.8) is 0 Å². The number of hydrogen-bond acceptors (Lipinski definition) is 7. The Hall–Kier alpha value is -2.15. The summed E-state index contributed by atoms with van der Waals surface area (Å²) in [5.74, 6) is 1.22. The number of benzene rings is 1. The van der Waals surface area contributed by atoms with Crippen LogP contribution in [0.1, 0.15) is 12.8 Å². The maximum atomic E-state index is 5.72. The van der Waals surface area contributed by atoms with E-state index >= 15 is 0 Å². The van der Waals surface area contributed by atoms with Gasteiger partial charge in [0.2, 0.25) is 0 Å². The third kappa shape index (κ3) is 1.90. The number of aromatic nitrogens is 3. The summed E-state index contributed by atoms with van der Waals surface area (Å²) < 4.78 is 6.40. The monoisotopic (exact) mass is 287 g/mol. The van der Waals surface area contributed by atoms with Crippen molar-refractivity contribution in [2.24, 2.45) is 0 Å². The maximum absolute atomic E-state index is 5.72. The molecule has 0 amide bonds. The molecule has 4 rings (SSSR count). The lowest BCUT2D eigenvalue weighted by Crippen LogP contribution is -2.18. The van der Waals surface area contributed by atoms with E-state index in [0.29, 0.717) is 17.0 Å². The molecule has 0 atom stereocenters. The zero-order chi connectivity index (χ0) is 13.5. The minimum Gasteiger partial charge on any atom is -0.375 e. The van der Waals surface area contributed by atoms with E-state index in [0.717, 1.165) is 28.9 Å². The van der Waals surface area contributed by atoms with Crippen molar-refractivity contribution in [2.75, 3.05) is 23.7 Å². The maximum Gasteiger partial charge on any atom is 0.266 e. The van der Waals surface area contributed by atoms with Crippen molar-refractivity contribution in [3.05, 3.63) is 18.2 Å². The molecule has 1 fully saturated rings. The van der Waals surface area contributed by atoms with Crippen LogP contribution < -0.4 is 10.6 Å². The predicted molar refractivity (Wildman–Crippen MR) is 78.8 cm³/mol. The molecule has 102 valence electrons. The van der Waals surface area contributed by atoms with Gasteiger partial charge in [-0.1, -0.05) is 11.3 Å². The summed E-state index contributed by atoms with van der Waals surface area (Å²) in [4.78, 5) is 10.9. The van der Waals surface area contributed by atoms with Gasteiger partial charge in [-0.05, 0) is 36.2 Å². The van der Waals surface area contributed by atoms with Crippen LogP contribution >= 0.6 is 11.3 Å². The van der Waals surface area contributed by atoms with Crippen LogP contribution in [0.15, 0.2) is 22.7 Å². The first-order chi connectivity index (χ1) is 9.79. The molecule has 0 spiro atoms. The minimum absolute atomic E-state index is 0.542. The molecule has 1 aromatic carbocycles. The van der Waals surface area contributed by atoms with Gasteiger partial charge in [-0.15, -0.1) is 0 Å². The molecule has 1 aliphatic heterocycles. The fourth-order valence-corrected chi connectivity index (χ4v) is 3.23. The molecule has 1 saturated heterocycles. The molecule has 2 N–H and O–H groups in total. The zero-order valence-corrected chi connectivity index (χ0v) is 11.6. The van der Waals surface area contributed by atoms with Crippen molar-refractivity contribution in [3.8, 4) is 11.5 Å². The second-order valence-electron chi connectivity index (χ2n) is 4.83. The van der Waals surface area contributed by atoms with Crippen molar-refractivity contribution in [2.45, 2.75) is 12.8 Å². The average Bonchev–Trinajstić information content (AvgIpc) is 3.17. The summed E-state index contributed by atoms with van der Waals surface area (Å²) in [5.41, 5.74) is 7.52. The Morgan fingerprint density at radius 3 is 2.90 bits per heavy atom. The average molecular weight is 287 g/mol. The molecule has 2 aromatic heterocycles. The first-order valence-corrected chi connectivity index (χ1v) is 7.36. The number of nitrogen functional groups attached to an aromatic ring is 1. The number of nitrogens with two attached hydrogens (primary N) is 1. The number of nitrogens with zero attached hydrogens (tertiary/aromatic N) is 4. The second-order valence-corrected chi connectivity index (χ2v) is 5.89. The summed E-state index contributed by atoms with van der Waals surface area (Å²) in [7, 11) is 0.